The van der Waals surface area contributed by atoms with Crippen LogP contribution in [0.1, 0.15) is 68.6 Å². The number of hydrogen-bond donors (Lipinski definition) is 0. The van der Waals surface area contributed by atoms with E-state index in [1.807, 2.05) is 23.1 Å². The molecule has 1 amide bonds. The highest BCUT2D eigenvalue weighted by Gasteiger charge is 2.39. The van der Waals surface area contributed by atoms with Gasteiger partial charge in [-0.1, -0.05) is 75.6 Å². The number of nitrogens with zero attached hydrogens (tertiary/aromatic N) is 3. The Kier molecular flexibility index (Phi) is 8.70. The van der Waals surface area contributed by atoms with Crippen LogP contribution in [0.25, 0.3) is 17.0 Å². The van der Waals surface area contributed by atoms with Gasteiger partial charge < -0.3 is 9.30 Å². The van der Waals surface area contributed by atoms with Gasteiger partial charge in [0, 0.05) is 28.7 Å². The molecule has 1 aliphatic heterocycles. The summed E-state index contributed by atoms with van der Waals surface area (Å²) >= 11 is 1.34. The van der Waals surface area contributed by atoms with Crippen LogP contribution >= 0.6 is 11.8 Å². The van der Waals surface area contributed by atoms with E-state index in [0.717, 1.165) is 47.9 Å². The third-order valence-electron chi connectivity index (χ3n) is 8.33. The molecule has 1 saturated carbocycles. The Hall–Kier alpha value is -3.84. The normalized spacial score (nSPS) is 18.1. The maximum Gasteiger partial charge on any atom is 0.267 e. The van der Waals surface area contributed by atoms with E-state index in [-0.39, 0.29) is 23.5 Å². The van der Waals surface area contributed by atoms with Crippen molar-refractivity contribution in [2.45, 2.75) is 71.4 Å². The van der Waals surface area contributed by atoms with Crippen molar-refractivity contribution in [1.82, 2.24) is 9.47 Å². The predicted molar refractivity (Wildman–Crippen MR) is 175 cm³/mol. The standard InChI is InChI=1S/C36H38FN3O2S/c1-24(2)28-18-17-25(3)21-33(28)42-20-19-39-23-26(29-13-7-10-16-32(29)39)22-34-35(41)40(27-11-5-4-6-12-27)36(43-34)38-31-15-9-8-14-30(31)37/h7-10,13-18,21-24,27H,4-6,11-12,19-20H2,1-3H3. The van der Waals surface area contributed by atoms with Gasteiger partial charge in [-0.05, 0) is 78.9 Å². The molecule has 222 valence electrons. The van der Waals surface area contributed by atoms with Gasteiger partial charge in [-0.2, -0.15) is 0 Å². The zero-order valence-electron chi connectivity index (χ0n) is 25.1. The summed E-state index contributed by atoms with van der Waals surface area (Å²) in [5, 5.41) is 1.63. The Morgan fingerprint density at radius 3 is 2.60 bits per heavy atom. The van der Waals surface area contributed by atoms with Crippen molar-refractivity contribution in [2.75, 3.05) is 6.61 Å². The minimum absolute atomic E-state index is 0.0483. The summed E-state index contributed by atoms with van der Waals surface area (Å²) in [6.07, 6.45) is 9.31. The number of para-hydroxylation sites is 2. The van der Waals surface area contributed by atoms with Crippen LogP contribution in [0.4, 0.5) is 10.1 Å². The fourth-order valence-corrected chi connectivity index (χ4v) is 7.13. The molecule has 4 aromatic rings. The van der Waals surface area contributed by atoms with Crippen LogP contribution in [0.15, 0.2) is 82.8 Å². The smallest absolute Gasteiger partial charge is 0.267 e. The minimum Gasteiger partial charge on any atom is -0.491 e. The molecule has 43 heavy (non-hydrogen) atoms. The van der Waals surface area contributed by atoms with Crippen LogP contribution < -0.4 is 4.74 Å². The lowest BCUT2D eigenvalue weighted by atomic mass is 9.94. The molecule has 1 saturated heterocycles. The fraction of sp³-hybridized carbons (Fsp3) is 0.333. The number of benzene rings is 3. The molecule has 0 atom stereocenters. The van der Waals surface area contributed by atoms with Crippen molar-refractivity contribution in [3.8, 4) is 5.75 Å². The molecule has 3 aromatic carbocycles. The molecule has 7 heteroatoms. The van der Waals surface area contributed by atoms with E-state index in [9.17, 15) is 9.18 Å². The van der Waals surface area contributed by atoms with Crippen molar-refractivity contribution >= 4 is 45.5 Å². The molecular weight excluding hydrogens is 557 g/mol. The van der Waals surface area contributed by atoms with Gasteiger partial charge in [-0.3, -0.25) is 9.69 Å². The number of thioether (sulfide) groups is 1. The summed E-state index contributed by atoms with van der Waals surface area (Å²) in [6, 6.07) is 21.2. The van der Waals surface area contributed by atoms with Gasteiger partial charge in [0.2, 0.25) is 0 Å². The Morgan fingerprint density at radius 2 is 1.81 bits per heavy atom. The summed E-state index contributed by atoms with van der Waals surface area (Å²) in [4.78, 5) is 21.0. The van der Waals surface area contributed by atoms with Gasteiger partial charge in [-0.15, -0.1) is 0 Å². The van der Waals surface area contributed by atoms with E-state index in [2.05, 4.69) is 66.9 Å². The molecule has 0 unspecified atom stereocenters. The van der Waals surface area contributed by atoms with Gasteiger partial charge in [0.15, 0.2) is 5.17 Å². The minimum atomic E-state index is -0.388. The van der Waals surface area contributed by atoms with Crippen molar-refractivity contribution in [2.24, 2.45) is 4.99 Å². The van der Waals surface area contributed by atoms with E-state index in [4.69, 9.17) is 4.74 Å². The van der Waals surface area contributed by atoms with Gasteiger partial charge in [-0.25, -0.2) is 9.38 Å². The zero-order chi connectivity index (χ0) is 29.9. The Balaban J connectivity index is 1.30. The summed E-state index contributed by atoms with van der Waals surface area (Å²) in [6.45, 7) is 7.65. The molecule has 2 heterocycles. The molecule has 5 nitrogen and oxygen atoms in total. The second-order valence-electron chi connectivity index (χ2n) is 11.8. The van der Waals surface area contributed by atoms with Gasteiger partial charge in [0.1, 0.15) is 23.9 Å². The number of aliphatic imine (C=N–C) groups is 1. The highest BCUT2D eigenvalue weighted by molar-refractivity contribution is 8.18. The second kappa shape index (κ2) is 12.8. The Morgan fingerprint density at radius 1 is 1.05 bits per heavy atom. The first-order valence-electron chi connectivity index (χ1n) is 15.3. The zero-order valence-corrected chi connectivity index (χ0v) is 25.9. The summed E-state index contributed by atoms with van der Waals surface area (Å²) in [7, 11) is 0. The molecule has 1 aromatic heterocycles. The lowest BCUT2D eigenvalue weighted by Gasteiger charge is -2.30. The number of amidine groups is 1. The molecule has 2 fully saturated rings. The van der Waals surface area contributed by atoms with Crippen molar-refractivity contribution in [3.63, 3.8) is 0 Å². The average molecular weight is 596 g/mol. The summed E-state index contributed by atoms with van der Waals surface area (Å²) in [5.74, 6) is 0.877. The SMILES string of the molecule is Cc1ccc(C(C)C)c(OCCn2cc(C=C3SC(=Nc4ccccc4F)N(C4CCCCC4)C3=O)c3ccccc32)c1. The van der Waals surface area contributed by atoms with E-state index in [0.29, 0.717) is 29.1 Å². The van der Waals surface area contributed by atoms with E-state index in [1.54, 1.807) is 18.2 Å². The van der Waals surface area contributed by atoms with Crippen molar-refractivity contribution in [3.05, 3.63) is 100 Å². The number of fused-ring (bicyclic) bond motifs is 1. The number of carbonyl (C=O) groups is 1. The van der Waals surface area contributed by atoms with E-state index in [1.165, 1.54) is 35.4 Å². The van der Waals surface area contributed by atoms with Crippen LogP contribution in [-0.2, 0) is 11.3 Å². The highest BCUT2D eigenvalue weighted by atomic mass is 32.2. The third kappa shape index (κ3) is 6.28. The van der Waals surface area contributed by atoms with Gasteiger partial charge in [0.25, 0.3) is 5.91 Å². The van der Waals surface area contributed by atoms with Crippen LogP contribution in [0.5, 0.6) is 5.75 Å². The molecule has 1 aliphatic carbocycles. The number of carbonyl (C=O) groups excluding carboxylic acids is 1. The van der Waals surface area contributed by atoms with Crippen LogP contribution in [0, 0.1) is 12.7 Å². The monoisotopic (exact) mass is 595 g/mol. The first kappa shape index (κ1) is 29.2. The number of ether oxygens (including phenoxy) is 1. The first-order valence-corrected chi connectivity index (χ1v) is 16.1. The molecule has 6 rings (SSSR count). The molecular formula is C36H38FN3O2S. The average Bonchev–Trinajstić information content (AvgIpc) is 3.51. The molecule has 0 bridgehead atoms. The maximum atomic E-state index is 14.6. The third-order valence-corrected chi connectivity index (χ3v) is 9.32. The lowest BCUT2D eigenvalue weighted by Crippen LogP contribution is -2.40. The number of halogens is 1. The van der Waals surface area contributed by atoms with Gasteiger partial charge >= 0.3 is 0 Å². The van der Waals surface area contributed by atoms with Crippen molar-refractivity contribution in [1.29, 1.82) is 0 Å². The van der Waals surface area contributed by atoms with Crippen LogP contribution in [0.2, 0.25) is 0 Å². The molecule has 0 spiro atoms. The van der Waals surface area contributed by atoms with Crippen LogP contribution in [0.3, 0.4) is 0 Å². The number of aryl methyl sites for hydroxylation is 1. The number of amides is 1. The fourth-order valence-electron chi connectivity index (χ4n) is 6.09. The lowest BCUT2D eigenvalue weighted by molar-refractivity contribution is -0.124. The summed E-state index contributed by atoms with van der Waals surface area (Å²) < 4.78 is 23.1. The topological polar surface area (TPSA) is 46.8 Å². The number of aromatic nitrogens is 1. The van der Waals surface area contributed by atoms with E-state index >= 15 is 0 Å². The highest BCUT2D eigenvalue weighted by Crippen LogP contribution is 2.39. The Bertz CT molecular complexity index is 1700. The second-order valence-corrected chi connectivity index (χ2v) is 12.8. The molecule has 2 aliphatic rings. The molecule has 0 radical (unpaired) electrons. The maximum absolute atomic E-state index is 14.6. The van der Waals surface area contributed by atoms with Crippen LogP contribution in [-0.4, -0.2) is 33.2 Å². The predicted octanol–water partition coefficient (Wildman–Crippen LogP) is 9.23. The van der Waals surface area contributed by atoms with Gasteiger partial charge in [0.05, 0.1) is 11.4 Å². The molecule has 0 N–H and O–H groups in total. The summed E-state index contributed by atoms with van der Waals surface area (Å²) in [5.41, 5.74) is 4.71. The Labute approximate surface area is 257 Å². The first-order chi connectivity index (χ1) is 20.9. The number of hydrogen-bond acceptors (Lipinski definition) is 4. The largest absolute Gasteiger partial charge is 0.491 e. The van der Waals surface area contributed by atoms with Crippen molar-refractivity contribution < 1.29 is 13.9 Å². The quantitative estimate of drug-likeness (QED) is 0.191. The van der Waals surface area contributed by atoms with E-state index < -0.39 is 0 Å². The number of rotatable bonds is 8.